The minimum atomic E-state index is 0.264. The first kappa shape index (κ1) is 13.8. The maximum absolute atomic E-state index is 6.13. The molecule has 6 heteroatoms. The van der Waals surface area contributed by atoms with Gasteiger partial charge >= 0.3 is 0 Å². The second-order valence-electron chi connectivity index (χ2n) is 3.44. The number of hydrogen-bond donors (Lipinski definition) is 0. The van der Waals surface area contributed by atoms with E-state index in [-0.39, 0.29) is 5.15 Å². The summed E-state index contributed by atoms with van der Waals surface area (Å²) in [6.45, 7) is 0. The molecule has 0 radical (unpaired) electrons. The molecule has 0 saturated heterocycles. The number of hydrogen-bond acceptors (Lipinski definition) is 2. The van der Waals surface area contributed by atoms with E-state index in [1.54, 1.807) is 24.3 Å². The van der Waals surface area contributed by atoms with Crippen molar-refractivity contribution in [2.45, 2.75) is 0 Å². The van der Waals surface area contributed by atoms with Gasteiger partial charge in [0.05, 0.1) is 17.2 Å². The van der Waals surface area contributed by atoms with E-state index in [9.17, 15) is 0 Å². The van der Waals surface area contributed by atoms with Crippen molar-refractivity contribution in [2.75, 3.05) is 7.11 Å². The molecule has 1 aromatic carbocycles. The number of aromatic nitrogens is 1. The average molecular weight is 323 g/mol. The minimum Gasteiger partial charge on any atom is -0.481 e. The van der Waals surface area contributed by atoms with Gasteiger partial charge in [0.1, 0.15) is 5.15 Å². The monoisotopic (exact) mass is 321 g/mol. The highest BCUT2D eigenvalue weighted by atomic mass is 35.5. The van der Waals surface area contributed by atoms with Crippen LogP contribution in [0.3, 0.4) is 0 Å². The van der Waals surface area contributed by atoms with Gasteiger partial charge < -0.3 is 4.74 Å². The molecule has 94 valence electrons. The average Bonchev–Trinajstić information content (AvgIpc) is 2.29. The molecule has 0 bridgehead atoms. The van der Waals surface area contributed by atoms with Crippen molar-refractivity contribution in [1.29, 1.82) is 0 Å². The lowest BCUT2D eigenvalue weighted by atomic mass is 10.1. The summed E-state index contributed by atoms with van der Waals surface area (Å²) >= 11 is 24.2. The second-order valence-corrected chi connectivity index (χ2v) is 5.05. The van der Waals surface area contributed by atoms with E-state index in [2.05, 4.69) is 4.98 Å². The van der Waals surface area contributed by atoms with E-state index in [1.165, 1.54) is 7.11 Å². The lowest BCUT2D eigenvalue weighted by Crippen LogP contribution is -1.91. The number of ether oxygens (including phenoxy) is 1. The number of rotatable bonds is 2. The highest BCUT2D eigenvalue weighted by molar-refractivity contribution is 6.43. The zero-order chi connectivity index (χ0) is 13.3. The van der Waals surface area contributed by atoms with Gasteiger partial charge in [-0.15, -0.1) is 0 Å². The van der Waals surface area contributed by atoms with Crippen molar-refractivity contribution >= 4 is 46.4 Å². The van der Waals surface area contributed by atoms with E-state index in [0.29, 0.717) is 32.1 Å². The number of halogens is 4. The molecule has 18 heavy (non-hydrogen) atoms. The Morgan fingerprint density at radius 1 is 1.00 bits per heavy atom. The van der Waals surface area contributed by atoms with Crippen molar-refractivity contribution in [3.05, 3.63) is 44.5 Å². The van der Waals surface area contributed by atoms with E-state index in [1.807, 2.05) is 0 Å². The van der Waals surface area contributed by atoms with Crippen LogP contribution in [0.5, 0.6) is 5.88 Å². The maximum atomic E-state index is 6.13. The summed E-state index contributed by atoms with van der Waals surface area (Å²) in [6.07, 6.45) is 0. The van der Waals surface area contributed by atoms with Crippen LogP contribution in [0.2, 0.25) is 20.2 Å². The van der Waals surface area contributed by atoms with Crippen molar-refractivity contribution < 1.29 is 4.74 Å². The van der Waals surface area contributed by atoms with Crippen LogP contribution in [-0.4, -0.2) is 12.1 Å². The van der Waals surface area contributed by atoms with E-state index in [0.717, 1.165) is 0 Å². The van der Waals surface area contributed by atoms with Gasteiger partial charge in [0.2, 0.25) is 5.88 Å². The Balaban J connectivity index is 2.62. The third-order valence-electron chi connectivity index (χ3n) is 2.31. The summed E-state index contributed by atoms with van der Waals surface area (Å²) < 4.78 is 4.98. The fourth-order valence-corrected chi connectivity index (χ4v) is 2.78. The number of benzene rings is 1. The molecule has 0 N–H and O–H groups in total. The summed E-state index contributed by atoms with van der Waals surface area (Å²) in [4.78, 5) is 4.07. The van der Waals surface area contributed by atoms with Gasteiger partial charge in [-0.3, -0.25) is 0 Å². The standard InChI is InChI=1S/C12H7Cl4NO/c1-18-10-3-2-7(12(16)17-10)11-8(14)4-6(13)5-9(11)15/h2-5H,1H3. The summed E-state index contributed by atoms with van der Waals surface area (Å²) in [7, 11) is 1.51. The summed E-state index contributed by atoms with van der Waals surface area (Å²) in [5.74, 6) is 0.421. The minimum absolute atomic E-state index is 0.264. The summed E-state index contributed by atoms with van der Waals surface area (Å²) in [5, 5.41) is 1.56. The largest absolute Gasteiger partial charge is 0.481 e. The number of nitrogens with zero attached hydrogens (tertiary/aromatic N) is 1. The molecule has 0 spiro atoms. The molecule has 0 aliphatic rings. The molecule has 0 aliphatic heterocycles. The molecular formula is C12H7Cl4NO. The van der Waals surface area contributed by atoms with Gasteiger partial charge in [-0.1, -0.05) is 46.4 Å². The quantitative estimate of drug-likeness (QED) is 0.693. The first-order chi connectivity index (χ1) is 8.52. The third kappa shape index (κ3) is 2.67. The smallest absolute Gasteiger partial charge is 0.214 e. The van der Waals surface area contributed by atoms with Crippen LogP contribution in [0.25, 0.3) is 11.1 Å². The molecule has 0 fully saturated rings. The fourth-order valence-electron chi connectivity index (χ4n) is 1.52. The van der Waals surface area contributed by atoms with Crippen LogP contribution < -0.4 is 4.74 Å². The molecule has 0 saturated carbocycles. The van der Waals surface area contributed by atoms with Gasteiger partial charge in [0, 0.05) is 22.2 Å². The van der Waals surface area contributed by atoms with Crippen molar-refractivity contribution in [3.63, 3.8) is 0 Å². The SMILES string of the molecule is COc1ccc(-c2c(Cl)cc(Cl)cc2Cl)c(Cl)n1. The highest BCUT2D eigenvalue weighted by Gasteiger charge is 2.14. The van der Waals surface area contributed by atoms with E-state index in [4.69, 9.17) is 51.1 Å². The van der Waals surface area contributed by atoms with E-state index < -0.39 is 0 Å². The molecule has 0 amide bonds. The van der Waals surface area contributed by atoms with Gasteiger partial charge in [-0.2, -0.15) is 0 Å². The molecule has 2 aromatic rings. The van der Waals surface area contributed by atoms with Gasteiger partial charge in [0.15, 0.2) is 0 Å². The number of methoxy groups -OCH3 is 1. The summed E-state index contributed by atoms with van der Waals surface area (Å²) in [6, 6.07) is 6.63. The Hall–Kier alpha value is -0.670. The lowest BCUT2D eigenvalue weighted by Gasteiger charge is -2.10. The maximum Gasteiger partial charge on any atom is 0.214 e. The van der Waals surface area contributed by atoms with Crippen LogP contribution in [0, 0.1) is 0 Å². The zero-order valence-electron chi connectivity index (χ0n) is 9.18. The zero-order valence-corrected chi connectivity index (χ0v) is 12.2. The van der Waals surface area contributed by atoms with Crippen LogP contribution in [0.4, 0.5) is 0 Å². The normalized spacial score (nSPS) is 10.5. The third-order valence-corrected chi connectivity index (χ3v) is 3.41. The van der Waals surface area contributed by atoms with E-state index >= 15 is 0 Å². The van der Waals surface area contributed by atoms with Crippen LogP contribution in [0.15, 0.2) is 24.3 Å². The molecule has 0 aliphatic carbocycles. The van der Waals surface area contributed by atoms with Crippen molar-refractivity contribution in [1.82, 2.24) is 4.98 Å². The Morgan fingerprint density at radius 3 is 2.11 bits per heavy atom. The molecule has 1 aromatic heterocycles. The van der Waals surface area contributed by atoms with Crippen molar-refractivity contribution in [2.24, 2.45) is 0 Å². The predicted molar refractivity (Wildman–Crippen MR) is 76.3 cm³/mol. The molecular weight excluding hydrogens is 316 g/mol. The topological polar surface area (TPSA) is 22.1 Å². The molecule has 0 atom stereocenters. The number of pyridine rings is 1. The van der Waals surface area contributed by atoms with Crippen LogP contribution in [0.1, 0.15) is 0 Å². The molecule has 2 rings (SSSR count). The molecule has 1 heterocycles. The van der Waals surface area contributed by atoms with Gasteiger partial charge in [0.25, 0.3) is 0 Å². The van der Waals surface area contributed by atoms with Gasteiger partial charge in [-0.05, 0) is 18.2 Å². The van der Waals surface area contributed by atoms with Gasteiger partial charge in [-0.25, -0.2) is 4.98 Å². The first-order valence-corrected chi connectivity index (χ1v) is 6.39. The summed E-state index contributed by atoms with van der Waals surface area (Å²) in [5.41, 5.74) is 1.23. The second kappa shape index (κ2) is 5.54. The predicted octanol–water partition coefficient (Wildman–Crippen LogP) is 5.37. The Bertz CT molecular complexity index is 578. The van der Waals surface area contributed by atoms with Crippen LogP contribution >= 0.6 is 46.4 Å². The fraction of sp³-hybridized carbons (Fsp3) is 0.0833. The molecule has 0 unspecified atom stereocenters. The first-order valence-electron chi connectivity index (χ1n) is 4.88. The van der Waals surface area contributed by atoms with Crippen molar-refractivity contribution in [3.8, 4) is 17.0 Å². The Labute approximate surface area is 124 Å². The Morgan fingerprint density at radius 2 is 1.61 bits per heavy atom. The lowest BCUT2D eigenvalue weighted by molar-refractivity contribution is 0.398. The highest BCUT2D eigenvalue weighted by Crippen LogP contribution is 2.40. The Kier molecular flexibility index (Phi) is 4.23. The van der Waals surface area contributed by atoms with Crippen LogP contribution in [-0.2, 0) is 0 Å². The molecule has 2 nitrogen and oxygen atoms in total.